The zero-order valence-electron chi connectivity index (χ0n) is 12.1. The Balaban J connectivity index is 1.92. The summed E-state index contributed by atoms with van der Waals surface area (Å²) in [6.07, 6.45) is 13.7. The molecule has 18 heavy (non-hydrogen) atoms. The lowest BCUT2D eigenvalue weighted by molar-refractivity contribution is 0.154. The molecule has 2 rings (SSSR count). The van der Waals surface area contributed by atoms with Crippen molar-refractivity contribution < 1.29 is 0 Å². The molecule has 104 valence electrons. The van der Waals surface area contributed by atoms with Crippen LogP contribution in [0.2, 0.25) is 0 Å². The topological polar surface area (TPSA) is 38.0 Å². The van der Waals surface area contributed by atoms with Crippen LogP contribution in [0.1, 0.15) is 58.8 Å². The van der Waals surface area contributed by atoms with Crippen molar-refractivity contribution >= 4 is 0 Å². The molecular formula is C16H30N2. The van der Waals surface area contributed by atoms with Crippen LogP contribution < -0.4 is 11.1 Å². The molecule has 2 atom stereocenters. The summed E-state index contributed by atoms with van der Waals surface area (Å²) in [5.74, 6) is 1.70. The molecule has 0 spiro atoms. The van der Waals surface area contributed by atoms with Gasteiger partial charge in [0.15, 0.2) is 0 Å². The second-order valence-corrected chi connectivity index (χ2v) is 6.86. The van der Waals surface area contributed by atoms with E-state index in [1.807, 2.05) is 0 Å². The molecule has 0 bridgehead atoms. The van der Waals surface area contributed by atoms with Crippen molar-refractivity contribution in [2.24, 2.45) is 17.6 Å². The number of nitrogens with two attached hydrogens (primary N) is 1. The third-order valence-corrected chi connectivity index (χ3v) is 4.66. The van der Waals surface area contributed by atoms with E-state index in [9.17, 15) is 0 Å². The Morgan fingerprint density at radius 2 is 2.06 bits per heavy atom. The van der Waals surface area contributed by atoms with E-state index in [4.69, 9.17) is 5.73 Å². The summed E-state index contributed by atoms with van der Waals surface area (Å²) in [6.45, 7) is 5.48. The fourth-order valence-electron chi connectivity index (χ4n) is 3.90. The van der Waals surface area contributed by atoms with Gasteiger partial charge in [0.25, 0.3) is 0 Å². The summed E-state index contributed by atoms with van der Waals surface area (Å²) in [5, 5.41) is 3.90. The molecular weight excluding hydrogens is 220 g/mol. The van der Waals surface area contributed by atoms with E-state index < -0.39 is 0 Å². The molecule has 2 aliphatic carbocycles. The first-order valence-electron chi connectivity index (χ1n) is 7.76. The monoisotopic (exact) mass is 250 g/mol. The fourth-order valence-corrected chi connectivity index (χ4v) is 3.90. The summed E-state index contributed by atoms with van der Waals surface area (Å²) in [4.78, 5) is 0. The lowest BCUT2D eigenvalue weighted by Crippen LogP contribution is -2.57. The second kappa shape index (κ2) is 6.21. The first-order valence-corrected chi connectivity index (χ1v) is 7.76. The molecule has 0 aromatic heterocycles. The van der Waals surface area contributed by atoms with Crippen molar-refractivity contribution in [3.8, 4) is 0 Å². The zero-order valence-corrected chi connectivity index (χ0v) is 12.1. The van der Waals surface area contributed by atoms with E-state index in [2.05, 4.69) is 31.3 Å². The molecule has 2 aliphatic rings. The Morgan fingerprint density at radius 3 is 2.67 bits per heavy atom. The highest BCUT2D eigenvalue weighted by molar-refractivity contribution is 5.03. The van der Waals surface area contributed by atoms with Gasteiger partial charge in [-0.1, -0.05) is 38.8 Å². The predicted molar refractivity (Wildman–Crippen MR) is 78.5 cm³/mol. The Labute approximate surface area is 112 Å². The predicted octanol–water partition coefficient (Wildman–Crippen LogP) is 3.23. The van der Waals surface area contributed by atoms with Crippen molar-refractivity contribution in [3.05, 3.63) is 12.2 Å². The van der Waals surface area contributed by atoms with Crippen molar-refractivity contribution in [3.63, 3.8) is 0 Å². The summed E-state index contributed by atoms with van der Waals surface area (Å²) < 4.78 is 0. The molecule has 0 aromatic rings. The maximum atomic E-state index is 6.13. The first-order chi connectivity index (χ1) is 8.63. The fraction of sp³-hybridized carbons (Fsp3) is 0.875. The van der Waals surface area contributed by atoms with Crippen molar-refractivity contribution in [1.82, 2.24) is 5.32 Å². The Bertz CT molecular complexity index is 277. The summed E-state index contributed by atoms with van der Waals surface area (Å²) >= 11 is 0. The Morgan fingerprint density at radius 1 is 1.33 bits per heavy atom. The van der Waals surface area contributed by atoms with E-state index in [1.54, 1.807) is 0 Å². The van der Waals surface area contributed by atoms with Gasteiger partial charge in [0.05, 0.1) is 0 Å². The van der Waals surface area contributed by atoms with Gasteiger partial charge in [-0.25, -0.2) is 0 Å². The molecule has 1 saturated carbocycles. The van der Waals surface area contributed by atoms with Gasteiger partial charge in [-0.3, -0.25) is 0 Å². The largest absolute Gasteiger partial charge is 0.329 e. The van der Waals surface area contributed by atoms with Crippen LogP contribution in [-0.4, -0.2) is 18.1 Å². The molecule has 0 aromatic carbocycles. The molecule has 0 heterocycles. The molecule has 2 unspecified atom stereocenters. The average molecular weight is 250 g/mol. The van der Waals surface area contributed by atoms with E-state index in [-0.39, 0.29) is 5.54 Å². The molecule has 0 aliphatic heterocycles. The Hall–Kier alpha value is -0.340. The second-order valence-electron chi connectivity index (χ2n) is 6.86. The minimum absolute atomic E-state index is 0.231. The van der Waals surface area contributed by atoms with Gasteiger partial charge in [-0.05, 0) is 43.9 Å². The smallest absolute Gasteiger partial charge is 0.0309 e. The molecule has 0 amide bonds. The maximum Gasteiger partial charge on any atom is 0.0309 e. The standard InChI is InChI=1S/C16H30N2/c1-13(2)10-14-6-5-9-16(11-14,12-17)18-15-7-3-4-8-15/h3-4,13-15,18H,5-12,17H2,1-2H3. The van der Waals surface area contributed by atoms with Crippen molar-refractivity contribution in [2.75, 3.05) is 6.54 Å². The average Bonchev–Trinajstić information content (AvgIpc) is 2.81. The van der Waals surface area contributed by atoms with Crippen LogP contribution >= 0.6 is 0 Å². The van der Waals surface area contributed by atoms with Crippen LogP contribution in [0.25, 0.3) is 0 Å². The van der Waals surface area contributed by atoms with Gasteiger partial charge in [0.2, 0.25) is 0 Å². The van der Waals surface area contributed by atoms with E-state index in [0.29, 0.717) is 6.04 Å². The molecule has 3 N–H and O–H groups in total. The normalized spacial score (nSPS) is 33.4. The SMILES string of the molecule is CC(C)CC1CCCC(CN)(NC2CC=CC2)C1. The van der Waals surface area contributed by atoms with Crippen LogP contribution in [0.15, 0.2) is 12.2 Å². The van der Waals surface area contributed by atoms with E-state index in [0.717, 1.165) is 18.4 Å². The zero-order chi connectivity index (χ0) is 13.0. The minimum atomic E-state index is 0.231. The number of rotatable bonds is 5. The molecule has 0 saturated heterocycles. The number of hydrogen-bond donors (Lipinski definition) is 2. The van der Waals surface area contributed by atoms with E-state index in [1.165, 1.54) is 44.9 Å². The van der Waals surface area contributed by atoms with Crippen LogP contribution in [0, 0.1) is 11.8 Å². The molecule has 0 radical (unpaired) electrons. The van der Waals surface area contributed by atoms with Gasteiger partial charge in [0, 0.05) is 18.1 Å². The molecule has 2 heteroatoms. The van der Waals surface area contributed by atoms with Gasteiger partial charge >= 0.3 is 0 Å². The third-order valence-electron chi connectivity index (χ3n) is 4.66. The van der Waals surface area contributed by atoms with Crippen LogP contribution in [0.5, 0.6) is 0 Å². The highest BCUT2D eigenvalue weighted by Crippen LogP contribution is 2.36. The van der Waals surface area contributed by atoms with Crippen LogP contribution in [-0.2, 0) is 0 Å². The number of nitrogens with one attached hydrogen (secondary N) is 1. The molecule has 1 fully saturated rings. The highest BCUT2D eigenvalue weighted by Gasteiger charge is 2.36. The lowest BCUT2D eigenvalue weighted by Gasteiger charge is -2.43. The van der Waals surface area contributed by atoms with E-state index >= 15 is 0 Å². The van der Waals surface area contributed by atoms with Gasteiger partial charge in [-0.15, -0.1) is 0 Å². The van der Waals surface area contributed by atoms with Gasteiger partial charge in [-0.2, -0.15) is 0 Å². The highest BCUT2D eigenvalue weighted by atomic mass is 15.0. The van der Waals surface area contributed by atoms with Crippen LogP contribution in [0.4, 0.5) is 0 Å². The summed E-state index contributed by atoms with van der Waals surface area (Å²) in [6, 6.07) is 0.645. The van der Waals surface area contributed by atoms with Gasteiger partial charge in [0.1, 0.15) is 0 Å². The van der Waals surface area contributed by atoms with Gasteiger partial charge < -0.3 is 11.1 Å². The number of hydrogen-bond acceptors (Lipinski definition) is 2. The molecule has 2 nitrogen and oxygen atoms in total. The summed E-state index contributed by atoms with van der Waals surface area (Å²) in [5.41, 5.74) is 6.36. The van der Waals surface area contributed by atoms with Crippen molar-refractivity contribution in [2.45, 2.75) is 70.4 Å². The van der Waals surface area contributed by atoms with Crippen LogP contribution in [0.3, 0.4) is 0 Å². The summed E-state index contributed by atoms with van der Waals surface area (Å²) in [7, 11) is 0. The minimum Gasteiger partial charge on any atom is -0.329 e. The third kappa shape index (κ3) is 3.58. The Kier molecular flexibility index (Phi) is 4.85. The first kappa shape index (κ1) is 14.1. The maximum absolute atomic E-state index is 6.13. The quantitative estimate of drug-likeness (QED) is 0.735. The van der Waals surface area contributed by atoms with Crippen molar-refractivity contribution in [1.29, 1.82) is 0 Å². The lowest BCUT2D eigenvalue weighted by atomic mass is 9.72.